The van der Waals surface area contributed by atoms with Crippen molar-refractivity contribution in [1.29, 1.82) is 0 Å². The van der Waals surface area contributed by atoms with Crippen molar-refractivity contribution < 1.29 is 23.5 Å². The highest BCUT2D eigenvalue weighted by Crippen LogP contribution is 2.24. The number of nitrogens with zero attached hydrogens (tertiary/aromatic N) is 3. The number of benzene rings is 1. The molecule has 11 heteroatoms. The number of amides is 2. The van der Waals surface area contributed by atoms with Gasteiger partial charge in [-0.3, -0.25) is 4.79 Å². The minimum Gasteiger partial charge on any atom is -0.463 e. The van der Waals surface area contributed by atoms with Gasteiger partial charge in [0.05, 0.1) is 28.7 Å². The minimum absolute atomic E-state index is 0.0768. The molecule has 3 heterocycles. The molecule has 0 bridgehead atoms. The number of fused-ring (bicyclic) bond motifs is 1. The van der Waals surface area contributed by atoms with Gasteiger partial charge in [-0.15, -0.1) is 0 Å². The van der Waals surface area contributed by atoms with E-state index in [2.05, 4.69) is 20.6 Å². The summed E-state index contributed by atoms with van der Waals surface area (Å²) in [7, 11) is 0. The van der Waals surface area contributed by atoms with Crippen molar-refractivity contribution in [2.24, 2.45) is 5.41 Å². The Labute approximate surface area is 221 Å². The average molecular weight is 534 g/mol. The third kappa shape index (κ3) is 7.07. The number of anilines is 1. The number of nitrogens with one attached hydrogen (secondary N) is 2. The van der Waals surface area contributed by atoms with Gasteiger partial charge in [0, 0.05) is 32.0 Å². The smallest absolute Gasteiger partial charge is 0.318 e. The molecule has 1 aromatic heterocycles. The molecule has 1 aromatic carbocycles. The summed E-state index contributed by atoms with van der Waals surface area (Å²) in [5.41, 5.74) is 1.61. The van der Waals surface area contributed by atoms with Crippen LogP contribution in [0.25, 0.3) is 0 Å². The SMILES string of the molecule is CC(C)(C)C(=O)OC[C@@H](NC(=O)N1CCc2cnc(NC3CCOCC3)nc2C1)c1ccc(F)c(Cl)c1. The summed E-state index contributed by atoms with van der Waals surface area (Å²) >= 11 is 5.99. The molecule has 2 aromatic rings. The van der Waals surface area contributed by atoms with E-state index in [1.807, 2.05) is 6.20 Å². The monoisotopic (exact) mass is 533 g/mol. The van der Waals surface area contributed by atoms with Gasteiger partial charge in [0.1, 0.15) is 12.4 Å². The van der Waals surface area contributed by atoms with E-state index in [0.717, 1.165) is 24.1 Å². The van der Waals surface area contributed by atoms with Crippen LogP contribution in [0.5, 0.6) is 0 Å². The average Bonchev–Trinajstić information content (AvgIpc) is 2.87. The van der Waals surface area contributed by atoms with E-state index >= 15 is 0 Å². The zero-order valence-corrected chi connectivity index (χ0v) is 22.1. The number of carbonyl (C=O) groups excluding carboxylic acids is 2. The lowest BCUT2D eigenvalue weighted by Gasteiger charge is -2.31. The fourth-order valence-electron chi connectivity index (χ4n) is 4.14. The van der Waals surface area contributed by atoms with E-state index in [1.165, 1.54) is 18.2 Å². The third-order valence-corrected chi connectivity index (χ3v) is 6.71. The van der Waals surface area contributed by atoms with Gasteiger partial charge < -0.3 is 25.0 Å². The summed E-state index contributed by atoms with van der Waals surface area (Å²) in [6, 6.07) is 3.37. The van der Waals surface area contributed by atoms with Gasteiger partial charge in [0.2, 0.25) is 5.95 Å². The third-order valence-electron chi connectivity index (χ3n) is 6.42. The summed E-state index contributed by atoms with van der Waals surface area (Å²) < 4.78 is 24.7. The molecule has 37 heavy (non-hydrogen) atoms. The molecule has 0 unspecified atom stereocenters. The van der Waals surface area contributed by atoms with Gasteiger partial charge in [-0.1, -0.05) is 17.7 Å². The molecular formula is C26H33ClFN5O4. The predicted octanol–water partition coefficient (Wildman–Crippen LogP) is 4.26. The summed E-state index contributed by atoms with van der Waals surface area (Å²) in [5, 5.41) is 6.21. The highest BCUT2D eigenvalue weighted by Gasteiger charge is 2.28. The molecule has 2 amide bonds. The molecule has 0 spiro atoms. The lowest BCUT2D eigenvalue weighted by molar-refractivity contribution is -0.153. The van der Waals surface area contributed by atoms with Crippen LogP contribution in [0.15, 0.2) is 24.4 Å². The summed E-state index contributed by atoms with van der Waals surface area (Å²) in [6.45, 7) is 7.33. The standard InChI is InChI=1S/C26H33ClFN5O4/c1-26(2,3)23(34)37-15-22(16-4-5-20(28)19(27)12-16)32-25(35)33-9-6-17-13-29-24(31-21(17)14-33)30-18-7-10-36-11-8-18/h4-5,12-13,18,22H,6-11,14-15H2,1-3H3,(H,32,35)(H,29,30,31)/t22-/m1/s1. The first kappa shape index (κ1) is 27.1. The molecule has 1 saturated heterocycles. The zero-order valence-electron chi connectivity index (χ0n) is 21.4. The maximum Gasteiger partial charge on any atom is 0.318 e. The number of ether oxygens (including phenoxy) is 2. The van der Waals surface area contributed by atoms with Crippen molar-refractivity contribution in [3.8, 4) is 0 Å². The Kier molecular flexibility index (Phi) is 8.49. The van der Waals surface area contributed by atoms with Crippen molar-refractivity contribution in [2.45, 2.75) is 58.7 Å². The number of aromatic nitrogens is 2. The molecule has 1 atom stereocenters. The maximum absolute atomic E-state index is 13.8. The van der Waals surface area contributed by atoms with Crippen LogP contribution in [0.4, 0.5) is 15.1 Å². The number of carbonyl (C=O) groups is 2. The molecule has 2 N–H and O–H groups in total. The molecule has 1 fully saturated rings. The summed E-state index contributed by atoms with van der Waals surface area (Å²) in [4.78, 5) is 36.4. The highest BCUT2D eigenvalue weighted by molar-refractivity contribution is 6.30. The second-order valence-corrected chi connectivity index (χ2v) is 10.8. The Hall–Kier alpha value is -2.98. The quantitative estimate of drug-likeness (QED) is 0.534. The maximum atomic E-state index is 13.8. The summed E-state index contributed by atoms with van der Waals surface area (Å²) in [5.74, 6) is -0.436. The van der Waals surface area contributed by atoms with Crippen molar-refractivity contribution >= 4 is 29.5 Å². The Bertz CT molecular complexity index is 1140. The van der Waals surface area contributed by atoms with E-state index in [0.29, 0.717) is 44.2 Å². The van der Waals surface area contributed by atoms with E-state index in [1.54, 1.807) is 25.7 Å². The second kappa shape index (κ2) is 11.6. The Morgan fingerprint density at radius 3 is 2.76 bits per heavy atom. The van der Waals surface area contributed by atoms with Crippen molar-refractivity contribution in [3.05, 3.63) is 52.1 Å². The first-order valence-corrected chi connectivity index (χ1v) is 12.8. The minimum atomic E-state index is -0.713. The van der Waals surface area contributed by atoms with Gasteiger partial charge in [-0.05, 0) is 63.3 Å². The van der Waals surface area contributed by atoms with Crippen molar-refractivity contribution in [3.63, 3.8) is 0 Å². The number of urea groups is 1. The lowest BCUT2D eigenvalue weighted by Crippen LogP contribution is -2.45. The molecule has 0 radical (unpaired) electrons. The van der Waals surface area contributed by atoms with Crippen molar-refractivity contribution in [2.75, 3.05) is 31.7 Å². The molecular weight excluding hydrogens is 501 g/mol. The zero-order chi connectivity index (χ0) is 26.6. The largest absolute Gasteiger partial charge is 0.463 e. The number of hydrogen-bond donors (Lipinski definition) is 2. The van der Waals surface area contributed by atoms with Gasteiger partial charge in [0.15, 0.2) is 0 Å². The Morgan fingerprint density at radius 2 is 2.05 bits per heavy atom. The first-order chi connectivity index (χ1) is 17.6. The molecule has 4 rings (SSSR count). The molecule has 0 saturated carbocycles. The molecule has 2 aliphatic heterocycles. The van der Waals surface area contributed by atoms with Crippen LogP contribution in [-0.4, -0.2) is 59.3 Å². The van der Waals surface area contributed by atoms with Gasteiger partial charge in [0.25, 0.3) is 0 Å². The summed E-state index contributed by atoms with van der Waals surface area (Å²) in [6.07, 6.45) is 4.22. The van der Waals surface area contributed by atoms with Crippen LogP contribution >= 0.6 is 11.6 Å². The fourth-order valence-corrected chi connectivity index (χ4v) is 4.33. The van der Waals surface area contributed by atoms with Gasteiger partial charge in [-0.2, -0.15) is 0 Å². The van der Waals surface area contributed by atoms with Crippen LogP contribution in [0.3, 0.4) is 0 Å². The molecule has 200 valence electrons. The van der Waals surface area contributed by atoms with Crippen LogP contribution in [0.1, 0.15) is 56.5 Å². The van der Waals surface area contributed by atoms with Crippen LogP contribution in [-0.2, 0) is 27.2 Å². The van der Waals surface area contributed by atoms with Crippen LogP contribution in [0.2, 0.25) is 5.02 Å². The lowest BCUT2D eigenvalue weighted by atomic mass is 9.97. The second-order valence-electron chi connectivity index (χ2n) is 10.4. The Morgan fingerprint density at radius 1 is 1.30 bits per heavy atom. The van der Waals surface area contributed by atoms with Crippen LogP contribution in [0, 0.1) is 11.2 Å². The van der Waals surface area contributed by atoms with Crippen molar-refractivity contribution in [1.82, 2.24) is 20.2 Å². The molecule has 9 nitrogen and oxygen atoms in total. The van der Waals surface area contributed by atoms with E-state index in [9.17, 15) is 14.0 Å². The van der Waals surface area contributed by atoms with E-state index < -0.39 is 23.2 Å². The Balaban J connectivity index is 1.45. The number of hydrogen-bond acceptors (Lipinski definition) is 7. The molecule has 0 aliphatic carbocycles. The van der Waals surface area contributed by atoms with Crippen LogP contribution < -0.4 is 10.6 Å². The van der Waals surface area contributed by atoms with Gasteiger partial charge in [-0.25, -0.2) is 19.2 Å². The number of esters is 1. The normalized spacial score (nSPS) is 17.1. The van der Waals surface area contributed by atoms with E-state index in [4.69, 9.17) is 21.1 Å². The fraction of sp³-hybridized carbons (Fsp3) is 0.538. The predicted molar refractivity (Wildman–Crippen MR) is 137 cm³/mol. The van der Waals surface area contributed by atoms with E-state index in [-0.39, 0.29) is 23.7 Å². The van der Waals surface area contributed by atoms with Gasteiger partial charge >= 0.3 is 12.0 Å². The number of halogens is 2. The molecule has 2 aliphatic rings. The highest BCUT2D eigenvalue weighted by atomic mass is 35.5. The number of rotatable bonds is 6. The first-order valence-electron chi connectivity index (χ1n) is 12.5. The topological polar surface area (TPSA) is 106 Å².